The van der Waals surface area contributed by atoms with E-state index in [-0.39, 0.29) is 24.1 Å². The number of aryl methyl sites for hydroxylation is 2. The molecule has 1 aromatic carbocycles. The van der Waals surface area contributed by atoms with Gasteiger partial charge in [-0.05, 0) is 23.4 Å². The molecule has 2 aromatic heterocycles. The topological polar surface area (TPSA) is 87.5 Å². The molecule has 0 unspecified atom stereocenters. The van der Waals surface area contributed by atoms with E-state index in [9.17, 15) is 14.4 Å². The molecule has 5 rings (SSSR count). The van der Waals surface area contributed by atoms with Gasteiger partial charge in [-0.2, -0.15) is 5.10 Å². The van der Waals surface area contributed by atoms with Gasteiger partial charge in [0, 0.05) is 68.2 Å². The van der Waals surface area contributed by atoms with Gasteiger partial charge in [0.2, 0.25) is 11.8 Å². The van der Waals surface area contributed by atoms with E-state index in [2.05, 4.69) is 17.4 Å². The van der Waals surface area contributed by atoms with E-state index in [4.69, 9.17) is 5.10 Å². The van der Waals surface area contributed by atoms with E-state index in [1.165, 1.54) is 5.56 Å². The quantitative estimate of drug-likeness (QED) is 0.573. The van der Waals surface area contributed by atoms with Crippen LogP contribution in [0.3, 0.4) is 0 Å². The highest BCUT2D eigenvalue weighted by Gasteiger charge is 2.32. The fourth-order valence-corrected chi connectivity index (χ4v) is 5.43. The Morgan fingerprint density at radius 1 is 1.00 bits per heavy atom. The number of carbonyl (C=O) groups excluding carboxylic acids is 3. The molecule has 8 nitrogen and oxygen atoms in total. The number of benzene rings is 1. The molecular weight excluding hydrogens is 462 g/mol. The van der Waals surface area contributed by atoms with E-state index in [0.29, 0.717) is 57.8 Å². The Kier molecular flexibility index (Phi) is 6.94. The van der Waals surface area contributed by atoms with Crippen LogP contribution in [0.2, 0.25) is 0 Å². The minimum atomic E-state index is -0.163. The van der Waals surface area contributed by atoms with Gasteiger partial charge in [0.1, 0.15) is 0 Å². The van der Waals surface area contributed by atoms with Crippen LogP contribution in [-0.4, -0.2) is 63.5 Å². The molecule has 1 N–H and O–H groups in total. The molecule has 1 fully saturated rings. The normalized spacial score (nSPS) is 15.9. The van der Waals surface area contributed by atoms with Crippen molar-refractivity contribution in [1.29, 1.82) is 0 Å². The molecule has 9 heteroatoms. The van der Waals surface area contributed by atoms with Crippen LogP contribution in [0, 0.1) is 0 Å². The Bertz CT molecular complexity index is 1210. The van der Waals surface area contributed by atoms with Gasteiger partial charge in [-0.25, -0.2) is 0 Å². The molecule has 3 amide bonds. The maximum absolute atomic E-state index is 13.6. The molecule has 3 aromatic rings. The van der Waals surface area contributed by atoms with Crippen molar-refractivity contribution in [2.24, 2.45) is 0 Å². The summed E-state index contributed by atoms with van der Waals surface area (Å²) in [6.45, 7) is 2.94. The van der Waals surface area contributed by atoms with E-state index in [0.717, 1.165) is 22.6 Å². The number of amides is 3. The van der Waals surface area contributed by atoms with Crippen LogP contribution in [0.1, 0.15) is 38.6 Å². The summed E-state index contributed by atoms with van der Waals surface area (Å²) in [5, 5.41) is 9.58. The van der Waals surface area contributed by atoms with Gasteiger partial charge < -0.3 is 15.1 Å². The zero-order valence-corrected chi connectivity index (χ0v) is 20.4. The summed E-state index contributed by atoms with van der Waals surface area (Å²) in [4.78, 5) is 42.9. The smallest absolute Gasteiger partial charge is 0.274 e. The number of hydrogen-bond acceptors (Lipinski definition) is 5. The number of rotatable bonds is 6. The first-order chi connectivity index (χ1) is 17.1. The Morgan fingerprint density at radius 3 is 2.63 bits per heavy atom. The van der Waals surface area contributed by atoms with Crippen LogP contribution in [0.4, 0.5) is 0 Å². The third kappa shape index (κ3) is 5.30. The Labute approximate surface area is 208 Å². The minimum absolute atomic E-state index is 0.0407. The lowest BCUT2D eigenvalue weighted by molar-refractivity contribution is -0.131. The molecule has 0 spiro atoms. The molecule has 0 atom stereocenters. The summed E-state index contributed by atoms with van der Waals surface area (Å²) in [7, 11) is 0. The van der Waals surface area contributed by atoms with Crippen molar-refractivity contribution in [1.82, 2.24) is 24.9 Å². The van der Waals surface area contributed by atoms with Crippen molar-refractivity contribution in [2.45, 2.75) is 38.8 Å². The molecule has 0 saturated carbocycles. The second-order valence-corrected chi connectivity index (χ2v) is 9.98. The molecule has 2 aliphatic heterocycles. The van der Waals surface area contributed by atoms with Crippen LogP contribution >= 0.6 is 11.3 Å². The molecular formula is C26H29N5O3S. The Balaban J connectivity index is 1.40. The Hall–Kier alpha value is -3.46. The van der Waals surface area contributed by atoms with E-state index < -0.39 is 0 Å². The van der Waals surface area contributed by atoms with Gasteiger partial charge in [0.25, 0.3) is 5.91 Å². The fraction of sp³-hybridized carbons (Fsp3) is 0.385. The summed E-state index contributed by atoms with van der Waals surface area (Å²) in [6, 6.07) is 14.2. The maximum Gasteiger partial charge on any atom is 0.274 e. The second-order valence-electron chi connectivity index (χ2n) is 8.95. The first kappa shape index (κ1) is 23.3. The molecule has 1 saturated heterocycles. The average molecular weight is 492 g/mol. The number of carbonyl (C=O) groups is 3. The van der Waals surface area contributed by atoms with Crippen LogP contribution < -0.4 is 5.32 Å². The van der Waals surface area contributed by atoms with E-state index >= 15 is 0 Å². The van der Waals surface area contributed by atoms with Crippen LogP contribution in [-0.2, 0) is 41.9 Å². The van der Waals surface area contributed by atoms with Gasteiger partial charge in [-0.15, -0.1) is 11.3 Å². The third-order valence-corrected chi connectivity index (χ3v) is 7.53. The molecule has 2 aliphatic rings. The van der Waals surface area contributed by atoms with Crippen molar-refractivity contribution in [3.63, 3.8) is 0 Å². The molecule has 0 radical (unpaired) electrons. The first-order valence-corrected chi connectivity index (χ1v) is 12.9. The standard InChI is InChI=1S/C26H29N5O3S/c32-23-10-13-29(15-11-27-23)26(34)25-21-18-30(24(33)17-20-7-4-16-35-20)12-9-22(21)31(28-25)14-8-19-5-2-1-3-6-19/h1-7,16H,8-15,17-18H2,(H,27,32). The summed E-state index contributed by atoms with van der Waals surface area (Å²) >= 11 is 1.58. The number of aromatic nitrogens is 2. The summed E-state index contributed by atoms with van der Waals surface area (Å²) in [5.41, 5.74) is 3.51. The molecule has 182 valence electrons. The van der Waals surface area contributed by atoms with Crippen molar-refractivity contribution in [3.05, 3.63) is 75.2 Å². The van der Waals surface area contributed by atoms with Crippen molar-refractivity contribution < 1.29 is 14.4 Å². The van der Waals surface area contributed by atoms with Gasteiger partial charge in [-0.1, -0.05) is 36.4 Å². The lowest BCUT2D eigenvalue weighted by Crippen LogP contribution is -2.39. The number of nitrogens with one attached hydrogen (secondary N) is 1. The van der Waals surface area contributed by atoms with Crippen LogP contribution in [0.5, 0.6) is 0 Å². The largest absolute Gasteiger partial charge is 0.354 e. The van der Waals surface area contributed by atoms with Gasteiger partial charge in [-0.3, -0.25) is 19.1 Å². The van der Waals surface area contributed by atoms with Crippen molar-refractivity contribution in [3.8, 4) is 0 Å². The molecule has 0 aliphatic carbocycles. The highest BCUT2D eigenvalue weighted by molar-refractivity contribution is 7.10. The number of hydrogen-bond donors (Lipinski definition) is 1. The van der Waals surface area contributed by atoms with E-state index in [1.54, 1.807) is 16.2 Å². The fourth-order valence-electron chi connectivity index (χ4n) is 4.73. The molecule has 0 bridgehead atoms. The summed E-state index contributed by atoms with van der Waals surface area (Å²) in [5.74, 6) is -0.136. The molecule has 4 heterocycles. The number of fused-ring (bicyclic) bond motifs is 1. The monoisotopic (exact) mass is 491 g/mol. The first-order valence-electron chi connectivity index (χ1n) is 12.1. The highest BCUT2D eigenvalue weighted by atomic mass is 32.1. The third-order valence-electron chi connectivity index (χ3n) is 6.65. The van der Waals surface area contributed by atoms with E-state index in [1.807, 2.05) is 45.3 Å². The van der Waals surface area contributed by atoms with Gasteiger partial charge >= 0.3 is 0 Å². The zero-order chi connectivity index (χ0) is 24.2. The predicted octanol–water partition coefficient (Wildman–Crippen LogP) is 2.28. The zero-order valence-electron chi connectivity index (χ0n) is 19.6. The predicted molar refractivity (Wildman–Crippen MR) is 133 cm³/mol. The second kappa shape index (κ2) is 10.4. The maximum atomic E-state index is 13.6. The number of thiophene rings is 1. The SMILES string of the molecule is O=C1CCN(C(=O)c2nn(CCc3ccccc3)c3c2CN(C(=O)Cc2cccs2)CC3)CCN1. The summed E-state index contributed by atoms with van der Waals surface area (Å²) in [6.07, 6.45) is 2.14. The van der Waals surface area contributed by atoms with Gasteiger partial charge in [0.05, 0.1) is 6.42 Å². The van der Waals surface area contributed by atoms with Crippen LogP contribution in [0.15, 0.2) is 47.8 Å². The van der Waals surface area contributed by atoms with Crippen LogP contribution in [0.25, 0.3) is 0 Å². The average Bonchev–Trinajstić information content (AvgIpc) is 3.46. The highest BCUT2D eigenvalue weighted by Crippen LogP contribution is 2.26. The Morgan fingerprint density at radius 2 is 1.83 bits per heavy atom. The molecule has 35 heavy (non-hydrogen) atoms. The lowest BCUT2D eigenvalue weighted by Gasteiger charge is -2.28. The minimum Gasteiger partial charge on any atom is -0.354 e. The lowest BCUT2D eigenvalue weighted by atomic mass is 10.0. The van der Waals surface area contributed by atoms with Crippen molar-refractivity contribution in [2.75, 3.05) is 26.2 Å². The summed E-state index contributed by atoms with van der Waals surface area (Å²) < 4.78 is 1.96. The van der Waals surface area contributed by atoms with Crippen molar-refractivity contribution >= 4 is 29.1 Å². The number of nitrogens with zero attached hydrogens (tertiary/aromatic N) is 4. The van der Waals surface area contributed by atoms with Gasteiger partial charge in [0.15, 0.2) is 5.69 Å².